The van der Waals surface area contributed by atoms with E-state index in [1.165, 1.54) is 12.5 Å². The third-order valence-electron chi connectivity index (χ3n) is 5.42. The van der Waals surface area contributed by atoms with Gasteiger partial charge in [-0.1, -0.05) is 47.1 Å². The number of nitrogens with two attached hydrogens (primary N) is 1. The maximum atomic E-state index is 6.44. The summed E-state index contributed by atoms with van der Waals surface area (Å²) in [6, 6.07) is 15.3. The van der Waals surface area contributed by atoms with Gasteiger partial charge in [0.2, 0.25) is 0 Å². The van der Waals surface area contributed by atoms with Crippen molar-refractivity contribution >= 4 is 35.1 Å². The Kier molecular flexibility index (Phi) is 9.11. The summed E-state index contributed by atoms with van der Waals surface area (Å²) in [5.74, 6) is 1.37. The van der Waals surface area contributed by atoms with Gasteiger partial charge in [0.25, 0.3) is 0 Å². The van der Waals surface area contributed by atoms with E-state index in [0.717, 1.165) is 50.5 Å². The number of nitrogens with zero attached hydrogens (tertiary/aromatic N) is 4. The second-order valence-corrected chi connectivity index (χ2v) is 8.35. The number of hydrogen-bond acceptors (Lipinski definition) is 9. The second kappa shape index (κ2) is 12.9. The van der Waals surface area contributed by atoms with Crippen molar-refractivity contribution < 1.29 is 14.3 Å². The lowest BCUT2D eigenvalue weighted by Crippen LogP contribution is -2.37. The molecule has 9 nitrogen and oxygen atoms in total. The van der Waals surface area contributed by atoms with Gasteiger partial charge in [0.1, 0.15) is 36.9 Å². The number of hydrogen-bond donors (Lipinski definition) is 2. The number of nitrogen functional groups attached to an aromatic ring is 1. The molecule has 2 aromatic carbocycles. The molecule has 0 bridgehead atoms. The molecule has 0 amide bonds. The van der Waals surface area contributed by atoms with Crippen molar-refractivity contribution in [3.8, 4) is 5.75 Å². The van der Waals surface area contributed by atoms with E-state index in [9.17, 15) is 0 Å². The molecule has 1 aromatic heterocycles. The maximum absolute atomic E-state index is 6.44. The first kappa shape index (κ1) is 24.7. The van der Waals surface area contributed by atoms with Gasteiger partial charge >= 0.3 is 0 Å². The number of morpholine rings is 1. The van der Waals surface area contributed by atoms with Crippen LogP contribution in [0.15, 0.2) is 60.0 Å². The normalized spacial score (nSPS) is 14.2. The predicted octanol–water partition coefficient (Wildman–Crippen LogP) is 4.11. The third kappa shape index (κ3) is 7.54. The van der Waals surface area contributed by atoms with Crippen LogP contribution in [0.1, 0.15) is 17.5 Å². The highest BCUT2D eigenvalue weighted by Crippen LogP contribution is 2.30. The fourth-order valence-electron chi connectivity index (χ4n) is 3.52. The molecule has 184 valence electrons. The number of nitrogens with one attached hydrogen (secondary N) is 1. The Hall–Kier alpha value is -3.40. The minimum Gasteiger partial charge on any atom is -0.487 e. The molecule has 1 aliphatic heterocycles. The minimum absolute atomic E-state index is 0.289. The number of aromatic nitrogens is 2. The van der Waals surface area contributed by atoms with Crippen molar-refractivity contribution in [3.63, 3.8) is 0 Å². The van der Waals surface area contributed by atoms with Gasteiger partial charge in [-0.05, 0) is 30.2 Å². The quantitative estimate of drug-likeness (QED) is 0.232. The van der Waals surface area contributed by atoms with Gasteiger partial charge < -0.3 is 25.4 Å². The topological polar surface area (TPSA) is 107 Å². The maximum Gasteiger partial charge on any atom is 0.144 e. The minimum atomic E-state index is 0.289. The summed E-state index contributed by atoms with van der Waals surface area (Å²) >= 11 is 6.44. The van der Waals surface area contributed by atoms with Gasteiger partial charge in [-0.2, -0.15) is 0 Å². The number of benzene rings is 2. The average Bonchev–Trinajstić information content (AvgIpc) is 2.88. The van der Waals surface area contributed by atoms with Crippen molar-refractivity contribution in [1.29, 1.82) is 0 Å². The zero-order chi connectivity index (χ0) is 24.3. The standard InChI is InChI=1S/C25H29ClN6O3/c26-22-15-20(7-8-23(22)34-17-19-5-2-1-3-6-19)31-25-21(24(27)28-18-29-25)16-30-35-12-4-9-32-10-13-33-14-11-32/h1-3,5-8,15-16,18H,4,9-14,17H2,(H3,27,28,29,31). The summed E-state index contributed by atoms with van der Waals surface area (Å²) in [5.41, 5.74) is 8.38. The number of anilines is 3. The molecule has 0 saturated carbocycles. The van der Waals surface area contributed by atoms with Crippen molar-refractivity contribution in [3.05, 3.63) is 71.0 Å². The molecule has 3 N–H and O–H groups in total. The van der Waals surface area contributed by atoms with E-state index in [1.807, 2.05) is 42.5 Å². The van der Waals surface area contributed by atoms with Gasteiger partial charge in [0.15, 0.2) is 0 Å². The molecule has 2 heterocycles. The van der Waals surface area contributed by atoms with E-state index in [0.29, 0.717) is 35.4 Å². The molecule has 35 heavy (non-hydrogen) atoms. The van der Waals surface area contributed by atoms with Crippen LogP contribution >= 0.6 is 11.6 Å². The molecule has 0 radical (unpaired) electrons. The van der Waals surface area contributed by atoms with Crippen LogP contribution in [0, 0.1) is 0 Å². The molecule has 1 saturated heterocycles. The predicted molar refractivity (Wildman–Crippen MR) is 137 cm³/mol. The Morgan fingerprint density at radius 2 is 1.97 bits per heavy atom. The average molecular weight is 497 g/mol. The van der Waals surface area contributed by atoms with Crippen LogP contribution in [0.5, 0.6) is 5.75 Å². The molecule has 0 aliphatic carbocycles. The highest BCUT2D eigenvalue weighted by atomic mass is 35.5. The fraction of sp³-hybridized carbons (Fsp3) is 0.320. The summed E-state index contributed by atoms with van der Waals surface area (Å²) in [5, 5.41) is 7.75. The number of oxime groups is 1. The summed E-state index contributed by atoms with van der Waals surface area (Å²) in [4.78, 5) is 16.1. The molecule has 0 spiro atoms. The number of ether oxygens (including phenoxy) is 2. The van der Waals surface area contributed by atoms with Crippen molar-refractivity contribution in [2.45, 2.75) is 13.0 Å². The van der Waals surface area contributed by atoms with Gasteiger partial charge in [0, 0.05) is 25.3 Å². The summed E-state index contributed by atoms with van der Waals surface area (Å²) in [7, 11) is 0. The smallest absolute Gasteiger partial charge is 0.144 e. The first-order valence-electron chi connectivity index (χ1n) is 11.5. The van der Waals surface area contributed by atoms with Gasteiger partial charge in [-0.3, -0.25) is 4.90 Å². The van der Waals surface area contributed by atoms with E-state index in [4.69, 9.17) is 31.6 Å². The Morgan fingerprint density at radius 1 is 1.14 bits per heavy atom. The zero-order valence-electron chi connectivity index (χ0n) is 19.4. The third-order valence-corrected chi connectivity index (χ3v) is 5.71. The largest absolute Gasteiger partial charge is 0.487 e. The highest BCUT2D eigenvalue weighted by Gasteiger charge is 2.11. The van der Waals surface area contributed by atoms with E-state index in [2.05, 4.69) is 25.3 Å². The first-order chi connectivity index (χ1) is 17.2. The van der Waals surface area contributed by atoms with Crippen LogP contribution in [0.2, 0.25) is 5.02 Å². The van der Waals surface area contributed by atoms with E-state index in [1.54, 1.807) is 6.07 Å². The molecule has 0 atom stereocenters. The Labute approximate surface area is 209 Å². The molecule has 1 fully saturated rings. The van der Waals surface area contributed by atoms with Gasteiger partial charge in [0.05, 0.1) is 30.0 Å². The Bertz CT molecular complexity index is 1110. The fourth-order valence-corrected chi connectivity index (χ4v) is 3.76. The SMILES string of the molecule is Nc1ncnc(Nc2ccc(OCc3ccccc3)c(Cl)c2)c1C=NOCCCN1CCOCC1. The van der Waals surface area contributed by atoms with Gasteiger partial charge in [-0.25, -0.2) is 9.97 Å². The molecule has 1 aliphatic rings. The zero-order valence-corrected chi connectivity index (χ0v) is 20.2. The second-order valence-electron chi connectivity index (χ2n) is 7.94. The van der Waals surface area contributed by atoms with Crippen LogP contribution in [0.3, 0.4) is 0 Å². The number of halogens is 1. The van der Waals surface area contributed by atoms with Crippen molar-refractivity contribution in [2.24, 2.45) is 5.16 Å². The van der Waals surface area contributed by atoms with E-state index in [-0.39, 0.29) is 5.82 Å². The van der Waals surface area contributed by atoms with Crippen LogP contribution in [-0.4, -0.2) is 60.5 Å². The lowest BCUT2D eigenvalue weighted by molar-refractivity contribution is 0.0323. The Balaban J connectivity index is 1.32. The highest BCUT2D eigenvalue weighted by molar-refractivity contribution is 6.32. The number of rotatable bonds is 11. The molecule has 10 heteroatoms. The molecule has 3 aromatic rings. The summed E-state index contributed by atoms with van der Waals surface area (Å²) in [6.07, 6.45) is 3.78. The summed E-state index contributed by atoms with van der Waals surface area (Å²) < 4.78 is 11.2. The van der Waals surface area contributed by atoms with E-state index >= 15 is 0 Å². The van der Waals surface area contributed by atoms with Crippen molar-refractivity contribution in [2.75, 3.05) is 50.5 Å². The van der Waals surface area contributed by atoms with E-state index < -0.39 is 0 Å². The van der Waals surface area contributed by atoms with Gasteiger partial charge in [-0.15, -0.1) is 0 Å². The lowest BCUT2D eigenvalue weighted by Gasteiger charge is -2.26. The molecular weight excluding hydrogens is 468 g/mol. The lowest BCUT2D eigenvalue weighted by atomic mass is 10.2. The molecule has 0 unspecified atom stereocenters. The van der Waals surface area contributed by atoms with Crippen LogP contribution < -0.4 is 15.8 Å². The monoisotopic (exact) mass is 496 g/mol. The first-order valence-corrected chi connectivity index (χ1v) is 11.9. The van der Waals surface area contributed by atoms with Crippen molar-refractivity contribution in [1.82, 2.24) is 14.9 Å². The molecular formula is C25H29ClN6O3. The van der Waals surface area contributed by atoms with Crippen LogP contribution in [0.4, 0.5) is 17.3 Å². The van der Waals surface area contributed by atoms with Crippen LogP contribution in [0.25, 0.3) is 0 Å². The Morgan fingerprint density at radius 3 is 2.77 bits per heavy atom. The molecule has 4 rings (SSSR count). The van der Waals surface area contributed by atoms with Crippen LogP contribution in [-0.2, 0) is 16.2 Å². The summed E-state index contributed by atoms with van der Waals surface area (Å²) in [6.45, 7) is 5.38.